The summed E-state index contributed by atoms with van der Waals surface area (Å²) >= 11 is 3.86. The van der Waals surface area contributed by atoms with Crippen LogP contribution in [-0.2, 0) is 12.3 Å². The van der Waals surface area contributed by atoms with Crippen LogP contribution in [0, 0.1) is 0 Å². The van der Waals surface area contributed by atoms with Gasteiger partial charge in [0.15, 0.2) is 0 Å². The number of nitrogens with one attached hydrogen (secondary N) is 1. The summed E-state index contributed by atoms with van der Waals surface area (Å²) in [5, 5.41) is 4.77. The molecular weight excluding hydrogens is 272 g/mol. The van der Waals surface area contributed by atoms with Gasteiger partial charge in [-0.3, -0.25) is 0 Å². The maximum Gasteiger partial charge on any atom is 0.103 e. The third-order valence-electron chi connectivity index (χ3n) is 2.66. The lowest BCUT2D eigenvalue weighted by Crippen LogP contribution is -2.14. The maximum absolute atomic E-state index is 4.85. The maximum atomic E-state index is 4.85. The summed E-state index contributed by atoms with van der Waals surface area (Å²) in [6.45, 7) is 15.5. The van der Waals surface area contributed by atoms with Crippen molar-refractivity contribution >= 4 is 23.1 Å². The molecule has 0 radical (unpaired) electrons. The van der Waals surface area contributed by atoms with E-state index in [-0.39, 0.29) is 0 Å². The molecule has 0 saturated heterocycles. The summed E-state index contributed by atoms with van der Waals surface area (Å²) in [5.74, 6) is 1.55. The van der Waals surface area contributed by atoms with Gasteiger partial charge in [0.05, 0.1) is 5.69 Å². The lowest BCUT2D eigenvalue weighted by molar-refractivity contribution is 0.670. The van der Waals surface area contributed by atoms with Crippen LogP contribution in [0.5, 0.6) is 0 Å². The number of nitrogens with zero attached hydrogens (tertiary/aromatic N) is 1. The number of hydrogen-bond donors (Lipinski definition) is 1. The SMILES string of the molecule is CCCNCc1sc(CSC(C)(C)C)nc1C(C)C. The molecule has 0 fully saturated rings. The second-order valence-corrected chi connectivity index (χ2v) is 9.12. The van der Waals surface area contributed by atoms with Crippen molar-refractivity contribution in [3.63, 3.8) is 0 Å². The van der Waals surface area contributed by atoms with Gasteiger partial charge in [0.2, 0.25) is 0 Å². The molecule has 1 aromatic heterocycles. The van der Waals surface area contributed by atoms with Gasteiger partial charge in [-0.05, 0) is 18.9 Å². The Labute approximate surface area is 126 Å². The zero-order valence-corrected chi connectivity index (χ0v) is 14.8. The molecule has 0 aliphatic rings. The first kappa shape index (κ1) is 17.0. The van der Waals surface area contributed by atoms with Crippen molar-refractivity contribution in [1.29, 1.82) is 0 Å². The molecule has 0 unspecified atom stereocenters. The predicted octanol–water partition coefficient (Wildman–Crippen LogP) is 4.80. The molecule has 0 bridgehead atoms. The number of thioether (sulfide) groups is 1. The standard InChI is InChI=1S/C15H28N2S2/c1-7-8-16-9-12-14(11(2)3)17-13(19-12)10-18-15(4,5)6/h11,16H,7-10H2,1-6H3. The molecule has 1 heterocycles. The van der Waals surface area contributed by atoms with Crippen LogP contribution in [0.1, 0.15) is 69.5 Å². The lowest BCUT2D eigenvalue weighted by atomic mass is 10.1. The first-order valence-electron chi connectivity index (χ1n) is 7.16. The van der Waals surface area contributed by atoms with Crippen molar-refractivity contribution in [3.05, 3.63) is 15.6 Å². The monoisotopic (exact) mass is 300 g/mol. The van der Waals surface area contributed by atoms with Gasteiger partial charge in [-0.1, -0.05) is 41.5 Å². The predicted molar refractivity (Wildman–Crippen MR) is 89.2 cm³/mol. The zero-order chi connectivity index (χ0) is 14.5. The molecule has 0 aliphatic carbocycles. The molecule has 2 nitrogen and oxygen atoms in total. The number of hydrogen-bond acceptors (Lipinski definition) is 4. The topological polar surface area (TPSA) is 24.9 Å². The summed E-state index contributed by atoms with van der Waals surface area (Å²) in [6.07, 6.45) is 1.18. The molecule has 0 aromatic carbocycles. The minimum absolute atomic E-state index is 0.310. The van der Waals surface area contributed by atoms with Gasteiger partial charge in [-0.2, -0.15) is 0 Å². The van der Waals surface area contributed by atoms with E-state index < -0.39 is 0 Å². The van der Waals surface area contributed by atoms with E-state index in [9.17, 15) is 0 Å². The van der Waals surface area contributed by atoms with Crippen LogP contribution in [0.4, 0.5) is 0 Å². The Kier molecular flexibility index (Phi) is 6.84. The quantitative estimate of drug-likeness (QED) is 0.732. The van der Waals surface area contributed by atoms with Crippen molar-refractivity contribution in [2.45, 2.75) is 70.9 Å². The van der Waals surface area contributed by atoms with E-state index in [2.05, 4.69) is 46.9 Å². The highest BCUT2D eigenvalue weighted by atomic mass is 32.2. The molecule has 0 spiro atoms. The van der Waals surface area contributed by atoms with E-state index in [1.807, 2.05) is 23.1 Å². The van der Waals surface area contributed by atoms with Crippen LogP contribution in [0.25, 0.3) is 0 Å². The molecule has 0 amide bonds. The van der Waals surface area contributed by atoms with Crippen molar-refractivity contribution in [1.82, 2.24) is 10.3 Å². The van der Waals surface area contributed by atoms with Crippen molar-refractivity contribution in [2.75, 3.05) is 6.54 Å². The highest BCUT2D eigenvalue weighted by Crippen LogP contribution is 2.32. The van der Waals surface area contributed by atoms with Crippen LogP contribution in [0.3, 0.4) is 0 Å². The lowest BCUT2D eigenvalue weighted by Gasteiger charge is -2.16. The zero-order valence-electron chi connectivity index (χ0n) is 13.2. The van der Waals surface area contributed by atoms with Crippen molar-refractivity contribution in [2.24, 2.45) is 0 Å². The van der Waals surface area contributed by atoms with E-state index in [1.54, 1.807) is 0 Å². The normalized spacial score (nSPS) is 12.4. The Morgan fingerprint density at radius 2 is 2.00 bits per heavy atom. The number of aromatic nitrogens is 1. The Morgan fingerprint density at radius 3 is 2.53 bits per heavy atom. The molecule has 0 atom stereocenters. The largest absolute Gasteiger partial charge is 0.312 e. The summed E-state index contributed by atoms with van der Waals surface area (Å²) in [6, 6.07) is 0. The van der Waals surface area contributed by atoms with Crippen molar-refractivity contribution in [3.8, 4) is 0 Å². The molecular formula is C15H28N2S2. The fourth-order valence-corrected chi connectivity index (χ4v) is 3.73. The smallest absolute Gasteiger partial charge is 0.103 e. The van der Waals surface area contributed by atoms with E-state index in [1.165, 1.54) is 22.0 Å². The fraction of sp³-hybridized carbons (Fsp3) is 0.800. The molecule has 110 valence electrons. The van der Waals surface area contributed by atoms with Gasteiger partial charge in [0.25, 0.3) is 0 Å². The molecule has 4 heteroatoms. The summed E-state index contributed by atoms with van der Waals surface area (Å²) in [5.41, 5.74) is 1.29. The number of rotatable bonds is 7. The van der Waals surface area contributed by atoms with E-state index >= 15 is 0 Å². The molecule has 0 saturated carbocycles. The van der Waals surface area contributed by atoms with Crippen LogP contribution >= 0.6 is 23.1 Å². The van der Waals surface area contributed by atoms with Gasteiger partial charge in [-0.25, -0.2) is 4.98 Å². The van der Waals surface area contributed by atoms with E-state index in [0.29, 0.717) is 10.7 Å². The summed E-state index contributed by atoms with van der Waals surface area (Å²) < 4.78 is 0.310. The van der Waals surface area contributed by atoms with E-state index in [0.717, 1.165) is 18.8 Å². The molecule has 19 heavy (non-hydrogen) atoms. The first-order chi connectivity index (χ1) is 8.83. The second kappa shape index (κ2) is 7.65. The molecule has 1 rings (SSSR count). The van der Waals surface area contributed by atoms with Crippen LogP contribution in [-0.4, -0.2) is 16.3 Å². The first-order valence-corrected chi connectivity index (χ1v) is 8.97. The minimum atomic E-state index is 0.310. The van der Waals surface area contributed by atoms with Crippen LogP contribution in [0.2, 0.25) is 0 Å². The Hall–Kier alpha value is -0.0600. The van der Waals surface area contributed by atoms with Crippen LogP contribution in [0.15, 0.2) is 0 Å². The van der Waals surface area contributed by atoms with Gasteiger partial charge >= 0.3 is 0 Å². The Morgan fingerprint density at radius 1 is 1.32 bits per heavy atom. The second-order valence-electron chi connectivity index (χ2n) is 6.15. The summed E-state index contributed by atoms with van der Waals surface area (Å²) in [7, 11) is 0. The van der Waals surface area contributed by atoms with Crippen molar-refractivity contribution < 1.29 is 0 Å². The Balaban J connectivity index is 2.70. The fourth-order valence-electron chi connectivity index (χ4n) is 1.71. The van der Waals surface area contributed by atoms with E-state index in [4.69, 9.17) is 4.98 Å². The van der Waals surface area contributed by atoms with Gasteiger partial charge in [0, 0.05) is 21.9 Å². The Bertz CT molecular complexity index is 378. The number of thiazole rings is 1. The average Bonchev–Trinajstić information content (AvgIpc) is 2.69. The molecule has 1 aromatic rings. The highest BCUT2D eigenvalue weighted by Gasteiger charge is 2.16. The average molecular weight is 301 g/mol. The third kappa shape index (κ3) is 6.28. The van der Waals surface area contributed by atoms with Gasteiger partial charge < -0.3 is 5.32 Å². The highest BCUT2D eigenvalue weighted by molar-refractivity contribution is 7.99. The third-order valence-corrected chi connectivity index (χ3v) is 5.20. The minimum Gasteiger partial charge on any atom is -0.312 e. The molecule has 1 N–H and O–H groups in total. The van der Waals surface area contributed by atoms with Gasteiger partial charge in [-0.15, -0.1) is 23.1 Å². The summed E-state index contributed by atoms with van der Waals surface area (Å²) in [4.78, 5) is 6.27. The molecule has 0 aliphatic heterocycles. The van der Waals surface area contributed by atoms with Crippen LogP contribution < -0.4 is 5.32 Å². The van der Waals surface area contributed by atoms with Gasteiger partial charge in [0.1, 0.15) is 5.01 Å².